The quantitative estimate of drug-likeness (QED) is 0.576. The number of rotatable bonds is 6. The summed E-state index contributed by atoms with van der Waals surface area (Å²) in [7, 11) is 2.00. The van der Waals surface area contributed by atoms with Crippen LogP contribution in [0.5, 0.6) is 0 Å². The second-order valence-electron chi connectivity index (χ2n) is 2.51. The molecule has 0 bridgehead atoms. The molecule has 0 spiro atoms. The first-order chi connectivity index (χ1) is 6.34. The van der Waals surface area contributed by atoms with Gasteiger partial charge in [-0.3, -0.25) is 0 Å². The molecule has 1 rings (SSSR count). The zero-order valence-electron chi connectivity index (χ0n) is 7.64. The molecule has 13 heavy (non-hydrogen) atoms. The van der Waals surface area contributed by atoms with Crippen LogP contribution in [0.1, 0.15) is 0 Å². The van der Waals surface area contributed by atoms with E-state index < -0.39 is 0 Å². The fourth-order valence-corrected chi connectivity index (χ4v) is 2.57. The van der Waals surface area contributed by atoms with Crippen LogP contribution in [0.15, 0.2) is 17.6 Å². The van der Waals surface area contributed by atoms with Gasteiger partial charge in [0, 0.05) is 36.7 Å². The van der Waals surface area contributed by atoms with Crippen molar-refractivity contribution in [3.8, 4) is 0 Å². The third kappa shape index (κ3) is 4.06. The molecule has 0 unspecified atom stereocenters. The molecule has 0 atom stereocenters. The first kappa shape index (κ1) is 10.9. The molecule has 1 aromatic rings. The van der Waals surface area contributed by atoms with Gasteiger partial charge in [-0.2, -0.15) is 11.8 Å². The van der Waals surface area contributed by atoms with E-state index in [1.807, 2.05) is 24.0 Å². The average molecular weight is 218 g/mol. The number of hydrogen-bond acceptors (Lipinski definition) is 4. The minimum absolute atomic E-state index is 0.276. The molecule has 0 amide bonds. The summed E-state index contributed by atoms with van der Waals surface area (Å²) in [5.41, 5.74) is 0. The topological polar surface area (TPSA) is 38.0 Å². The largest absolute Gasteiger partial charge is 0.396 e. The van der Waals surface area contributed by atoms with Gasteiger partial charge in [-0.05, 0) is 0 Å². The number of aromatic nitrogens is 2. The van der Waals surface area contributed by atoms with Crippen LogP contribution >= 0.6 is 23.5 Å². The molecule has 0 saturated carbocycles. The lowest BCUT2D eigenvalue weighted by molar-refractivity contribution is 0.322. The fourth-order valence-electron chi connectivity index (χ4n) is 0.850. The lowest BCUT2D eigenvalue weighted by atomic mass is 10.9. The van der Waals surface area contributed by atoms with Crippen molar-refractivity contribution in [3.63, 3.8) is 0 Å². The number of imidazole rings is 1. The monoisotopic (exact) mass is 218 g/mol. The summed E-state index contributed by atoms with van der Waals surface area (Å²) in [6.45, 7) is 0.276. The van der Waals surface area contributed by atoms with Gasteiger partial charge in [0.2, 0.25) is 0 Å². The number of aliphatic hydroxyl groups excluding tert-OH is 1. The predicted molar refractivity (Wildman–Crippen MR) is 58.3 cm³/mol. The van der Waals surface area contributed by atoms with Gasteiger partial charge in [-0.15, -0.1) is 0 Å². The molecule has 0 fully saturated rings. The lowest BCUT2D eigenvalue weighted by Gasteiger charge is -2.00. The Labute approximate surface area is 86.9 Å². The first-order valence-electron chi connectivity index (χ1n) is 4.13. The van der Waals surface area contributed by atoms with Crippen LogP contribution in [0.3, 0.4) is 0 Å². The van der Waals surface area contributed by atoms with Crippen molar-refractivity contribution in [2.24, 2.45) is 7.05 Å². The van der Waals surface area contributed by atoms with Crippen molar-refractivity contribution < 1.29 is 5.11 Å². The van der Waals surface area contributed by atoms with E-state index in [1.54, 1.807) is 23.5 Å². The average Bonchev–Trinajstić information content (AvgIpc) is 2.52. The van der Waals surface area contributed by atoms with Crippen molar-refractivity contribution in [2.75, 3.05) is 23.9 Å². The zero-order chi connectivity index (χ0) is 9.52. The van der Waals surface area contributed by atoms with Crippen LogP contribution in [0, 0.1) is 0 Å². The first-order valence-corrected chi connectivity index (χ1v) is 6.27. The molecule has 0 aromatic carbocycles. The summed E-state index contributed by atoms with van der Waals surface area (Å²) in [6.07, 6.45) is 3.76. The molecule has 3 nitrogen and oxygen atoms in total. The third-order valence-corrected chi connectivity index (χ3v) is 3.75. The van der Waals surface area contributed by atoms with Crippen LogP contribution in [0.2, 0.25) is 0 Å². The van der Waals surface area contributed by atoms with E-state index in [1.165, 1.54) is 0 Å². The van der Waals surface area contributed by atoms with Gasteiger partial charge < -0.3 is 9.67 Å². The van der Waals surface area contributed by atoms with Crippen LogP contribution in [-0.2, 0) is 7.05 Å². The highest BCUT2D eigenvalue weighted by atomic mass is 32.2. The van der Waals surface area contributed by atoms with E-state index in [9.17, 15) is 0 Å². The van der Waals surface area contributed by atoms with E-state index in [-0.39, 0.29) is 6.61 Å². The highest BCUT2D eigenvalue weighted by molar-refractivity contribution is 8.02. The molecule has 0 aliphatic heterocycles. The molecule has 0 radical (unpaired) electrons. The van der Waals surface area contributed by atoms with Crippen LogP contribution in [0.4, 0.5) is 0 Å². The second-order valence-corrected chi connectivity index (χ2v) is 4.79. The Morgan fingerprint density at radius 3 is 2.92 bits per heavy atom. The van der Waals surface area contributed by atoms with Crippen molar-refractivity contribution >= 4 is 23.5 Å². The predicted octanol–water partition coefficient (Wildman–Crippen LogP) is 1.24. The van der Waals surface area contributed by atoms with Gasteiger partial charge in [-0.1, -0.05) is 11.8 Å². The van der Waals surface area contributed by atoms with Crippen molar-refractivity contribution in [1.82, 2.24) is 9.55 Å². The number of aryl methyl sites for hydroxylation is 1. The van der Waals surface area contributed by atoms with E-state index in [4.69, 9.17) is 5.11 Å². The molecular formula is C8H14N2OS2. The molecule has 0 saturated heterocycles. The lowest BCUT2D eigenvalue weighted by Crippen LogP contribution is -1.93. The maximum atomic E-state index is 8.55. The van der Waals surface area contributed by atoms with Crippen LogP contribution in [0.25, 0.3) is 0 Å². The summed E-state index contributed by atoms with van der Waals surface area (Å²) < 4.78 is 2.02. The Morgan fingerprint density at radius 1 is 1.46 bits per heavy atom. The van der Waals surface area contributed by atoms with E-state index in [0.29, 0.717) is 0 Å². The van der Waals surface area contributed by atoms with E-state index in [2.05, 4.69) is 4.98 Å². The van der Waals surface area contributed by atoms with Crippen molar-refractivity contribution in [1.29, 1.82) is 0 Å². The molecule has 0 aliphatic rings. The van der Waals surface area contributed by atoms with Gasteiger partial charge in [0.15, 0.2) is 5.16 Å². The second kappa shape index (κ2) is 6.34. The summed E-state index contributed by atoms with van der Waals surface area (Å²) in [4.78, 5) is 4.20. The van der Waals surface area contributed by atoms with E-state index >= 15 is 0 Å². The SMILES string of the molecule is Cn1ccnc1SCCSCCO. The van der Waals surface area contributed by atoms with Crippen molar-refractivity contribution in [3.05, 3.63) is 12.4 Å². The molecular weight excluding hydrogens is 204 g/mol. The normalized spacial score (nSPS) is 10.6. The maximum absolute atomic E-state index is 8.55. The molecule has 1 N–H and O–H groups in total. The zero-order valence-corrected chi connectivity index (χ0v) is 9.27. The van der Waals surface area contributed by atoms with Gasteiger partial charge >= 0.3 is 0 Å². The van der Waals surface area contributed by atoms with Gasteiger partial charge in [0.05, 0.1) is 6.61 Å². The molecule has 74 valence electrons. The Kier molecular flexibility index (Phi) is 5.34. The Bertz CT molecular complexity index is 240. The third-order valence-electron chi connectivity index (χ3n) is 1.47. The minimum atomic E-state index is 0.276. The molecule has 5 heteroatoms. The summed E-state index contributed by atoms with van der Waals surface area (Å²) >= 11 is 3.53. The molecule has 1 heterocycles. The van der Waals surface area contributed by atoms with Crippen molar-refractivity contribution in [2.45, 2.75) is 5.16 Å². The maximum Gasteiger partial charge on any atom is 0.167 e. The summed E-state index contributed by atoms with van der Waals surface area (Å²) in [5, 5.41) is 9.61. The Balaban J connectivity index is 2.10. The summed E-state index contributed by atoms with van der Waals surface area (Å²) in [6, 6.07) is 0. The number of hydrogen-bond donors (Lipinski definition) is 1. The van der Waals surface area contributed by atoms with Gasteiger partial charge in [-0.25, -0.2) is 4.98 Å². The highest BCUT2D eigenvalue weighted by Crippen LogP contribution is 2.15. The number of thioether (sulfide) groups is 2. The van der Waals surface area contributed by atoms with Gasteiger partial charge in [0.1, 0.15) is 0 Å². The number of aliphatic hydroxyl groups is 1. The van der Waals surface area contributed by atoms with Crippen LogP contribution < -0.4 is 0 Å². The Hall–Kier alpha value is -0.130. The smallest absolute Gasteiger partial charge is 0.167 e. The van der Waals surface area contributed by atoms with E-state index in [0.717, 1.165) is 22.4 Å². The number of nitrogens with zero attached hydrogens (tertiary/aromatic N) is 2. The summed E-state index contributed by atoms with van der Waals surface area (Å²) in [5.74, 6) is 2.95. The standard InChI is InChI=1S/C8H14N2OS2/c1-10-3-2-9-8(10)13-7-6-12-5-4-11/h2-3,11H,4-7H2,1H3. The van der Waals surface area contributed by atoms with Gasteiger partial charge in [0.25, 0.3) is 0 Å². The molecule has 0 aliphatic carbocycles. The van der Waals surface area contributed by atoms with Crippen LogP contribution in [-0.4, -0.2) is 38.5 Å². The molecule has 1 aromatic heterocycles. The fraction of sp³-hybridized carbons (Fsp3) is 0.625. The highest BCUT2D eigenvalue weighted by Gasteiger charge is 1.98. The Morgan fingerprint density at radius 2 is 2.31 bits per heavy atom. The minimum Gasteiger partial charge on any atom is -0.396 e.